The molecule has 0 saturated carbocycles. The van der Waals surface area contributed by atoms with Crippen molar-refractivity contribution in [3.05, 3.63) is 63.6 Å². The maximum atomic E-state index is 12.9. The number of carbonyl (C=O) groups excluding carboxylic acids is 1. The van der Waals surface area contributed by atoms with Crippen LogP contribution >= 0.6 is 23.2 Å². The SMILES string of the molecule is CC[C@@H](NC(=O)[C@@H](C)N(c1cc(Cl)ccc1Cl)S(C)(=O)=O)c1ccc(C)cc1. The number of carbonyl (C=O) groups is 1. The van der Waals surface area contributed by atoms with E-state index in [0.29, 0.717) is 11.4 Å². The summed E-state index contributed by atoms with van der Waals surface area (Å²) < 4.78 is 25.9. The molecule has 0 radical (unpaired) electrons. The molecule has 0 bridgehead atoms. The molecule has 1 N–H and O–H groups in total. The second kappa shape index (κ2) is 9.16. The lowest BCUT2D eigenvalue weighted by molar-refractivity contribution is -0.122. The number of anilines is 1. The molecular weight excluding hydrogens is 419 g/mol. The minimum Gasteiger partial charge on any atom is -0.347 e. The number of hydrogen-bond donors (Lipinski definition) is 1. The molecule has 2 atom stereocenters. The van der Waals surface area contributed by atoms with E-state index in [-0.39, 0.29) is 16.8 Å². The summed E-state index contributed by atoms with van der Waals surface area (Å²) in [7, 11) is -3.78. The van der Waals surface area contributed by atoms with E-state index in [4.69, 9.17) is 23.2 Å². The fourth-order valence-corrected chi connectivity index (χ4v) is 4.55. The van der Waals surface area contributed by atoms with Crippen LogP contribution in [0.15, 0.2) is 42.5 Å². The fourth-order valence-electron chi connectivity index (χ4n) is 2.95. The van der Waals surface area contributed by atoms with Crippen LogP contribution in [-0.4, -0.2) is 26.6 Å². The summed E-state index contributed by atoms with van der Waals surface area (Å²) in [5.74, 6) is -0.422. The number of hydrogen-bond acceptors (Lipinski definition) is 3. The Morgan fingerprint density at radius 1 is 1.14 bits per heavy atom. The monoisotopic (exact) mass is 442 g/mol. The van der Waals surface area contributed by atoms with E-state index < -0.39 is 22.0 Å². The fraction of sp³-hybridized carbons (Fsp3) is 0.350. The number of halogens is 2. The zero-order valence-corrected chi connectivity index (χ0v) is 18.6. The van der Waals surface area contributed by atoms with E-state index >= 15 is 0 Å². The van der Waals surface area contributed by atoms with Crippen molar-refractivity contribution in [3.63, 3.8) is 0 Å². The molecule has 0 spiro atoms. The molecule has 2 aromatic carbocycles. The molecule has 8 heteroatoms. The number of aryl methyl sites for hydroxylation is 1. The Morgan fingerprint density at radius 2 is 1.75 bits per heavy atom. The zero-order valence-electron chi connectivity index (χ0n) is 16.2. The minimum absolute atomic E-state index is 0.169. The van der Waals surface area contributed by atoms with Crippen molar-refractivity contribution in [3.8, 4) is 0 Å². The first kappa shape index (κ1) is 22.5. The van der Waals surface area contributed by atoms with Crippen molar-refractivity contribution < 1.29 is 13.2 Å². The van der Waals surface area contributed by atoms with E-state index in [1.165, 1.54) is 19.1 Å². The van der Waals surface area contributed by atoms with Crippen molar-refractivity contribution >= 4 is 44.8 Å². The van der Waals surface area contributed by atoms with Gasteiger partial charge in [0.05, 0.1) is 23.0 Å². The summed E-state index contributed by atoms with van der Waals surface area (Å²) >= 11 is 12.2. The Balaban J connectivity index is 2.33. The van der Waals surface area contributed by atoms with Gasteiger partial charge < -0.3 is 5.32 Å². The van der Waals surface area contributed by atoms with Gasteiger partial charge in [-0.15, -0.1) is 0 Å². The Bertz CT molecular complexity index is 946. The molecule has 5 nitrogen and oxygen atoms in total. The molecule has 0 fully saturated rings. The molecule has 0 heterocycles. The van der Waals surface area contributed by atoms with Crippen LogP contribution < -0.4 is 9.62 Å². The van der Waals surface area contributed by atoms with E-state index in [0.717, 1.165) is 21.7 Å². The average Bonchev–Trinajstić information content (AvgIpc) is 2.62. The van der Waals surface area contributed by atoms with Gasteiger partial charge in [-0.25, -0.2) is 8.42 Å². The van der Waals surface area contributed by atoms with Crippen LogP contribution in [0.4, 0.5) is 5.69 Å². The third kappa shape index (κ3) is 5.40. The number of amides is 1. The van der Waals surface area contributed by atoms with E-state index in [2.05, 4.69) is 5.32 Å². The van der Waals surface area contributed by atoms with Gasteiger partial charge in [0.15, 0.2) is 0 Å². The largest absolute Gasteiger partial charge is 0.347 e. The number of rotatable bonds is 7. The number of nitrogens with one attached hydrogen (secondary N) is 1. The van der Waals surface area contributed by atoms with E-state index in [1.54, 1.807) is 6.07 Å². The highest BCUT2D eigenvalue weighted by Gasteiger charge is 2.31. The van der Waals surface area contributed by atoms with Gasteiger partial charge in [0.2, 0.25) is 15.9 Å². The van der Waals surface area contributed by atoms with Gasteiger partial charge in [-0.2, -0.15) is 0 Å². The standard InChI is InChI=1S/C20H24Cl2N2O3S/c1-5-18(15-8-6-13(2)7-9-15)23-20(25)14(3)24(28(4,26)27)19-12-16(21)10-11-17(19)22/h6-12,14,18H,5H2,1-4H3,(H,23,25)/t14-,18-/m1/s1. The molecule has 0 aliphatic heterocycles. The first-order valence-corrected chi connectivity index (χ1v) is 11.5. The normalized spacial score (nSPS) is 13.6. The van der Waals surface area contributed by atoms with Crippen molar-refractivity contribution in [1.82, 2.24) is 5.32 Å². The second-order valence-corrected chi connectivity index (χ2v) is 9.41. The highest BCUT2D eigenvalue weighted by Crippen LogP contribution is 2.32. The van der Waals surface area contributed by atoms with Crippen LogP contribution in [0, 0.1) is 6.92 Å². The molecule has 0 aliphatic rings. The lowest BCUT2D eigenvalue weighted by Crippen LogP contribution is -2.48. The van der Waals surface area contributed by atoms with E-state index in [9.17, 15) is 13.2 Å². The summed E-state index contributed by atoms with van der Waals surface area (Å²) in [6.45, 7) is 5.47. The third-order valence-electron chi connectivity index (χ3n) is 4.44. The van der Waals surface area contributed by atoms with Crippen LogP contribution in [-0.2, 0) is 14.8 Å². The molecule has 0 aromatic heterocycles. The lowest BCUT2D eigenvalue weighted by Gasteiger charge is -2.30. The summed E-state index contributed by atoms with van der Waals surface area (Å²) in [5, 5.41) is 3.46. The van der Waals surface area contributed by atoms with Gasteiger partial charge in [-0.3, -0.25) is 9.10 Å². The molecule has 0 saturated heterocycles. The van der Waals surface area contributed by atoms with Gasteiger partial charge in [-0.1, -0.05) is 60.0 Å². The first-order chi connectivity index (χ1) is 13.0. The maximum Gasteiger partial charge on any atom is 0.244 e. The summed E-state index contributed by atoms with van der Waals surface area (Å²) in [4.78, 5) is 12.9. The number of sulfonamides is 1. The Morgan fingerprint density at radius 3 is 2.29 bits per heavy atom. The summed E-state index contributed by atoms with van der Waals surface area (Å²) in [6, 6.07) is 11.1. The predicted molar refractivity (Wildman–Crippen MR) is 116 cm³/mol. The van der Waals surface area contributed by atoms with E-state index in [1.807, 2.05) is 38.1 Å². The van der Waals surface area contributed by atoms with Crippen molar-refractivity contribution in [2.45, 2.75) is 39.3 Å². The highest BCUT2D eigenvalue weighted by molar-refractivity contribution is 7.92. The third-order valence-corrected chi connectivity index (χ3v) is 6.22. The zero-order chi connectivity index (χ0) is 21.1. The minimum atomic E-state index is -3.78. The summed E-state index contributed by atoms with van der Waals surface area (Å²) in [5.41, 5.74) is 2.25. The smallest absolute Gasteiger partial charge is 0.244 e. The van der Waals surface area contributed by atoms with Gasteiger partial charge in [-0.05, 0) is 44.0 Å². The molecule has 28 heavy (non-hydrogen) atoms. The number of benzene rings is 2. The molecule has 152 valence electrons. The first-order valence-electron chi connectivity index (χ1n) is 8.86. The molecule has 2 rings (SSSR count). The topological polar surface area (TPSA) is 66.5 Å². The van der Waals surface area contributed by atoms with Gasteiger partial charge >= 0.3 is 0 Å². The van der Waals surface area contributed by atoms with Crippen LogP contribution in [0.2, 0.25) is 10.0 Å². The highest BCUT2D eigenvalue weighted by atomic mass is 35.5. The molecule has 1 amide bonds. The average molecular weight is 443 g/mol. The molecule has 2 aromatic rings. The van der Waals surface area contributed by atoms with Crippen LogP contribution in [0.5, 0.6) is 0 Å². The molecular formula is C20H24Cl2N2O3S. The maximum absolute atomic E-state index is 12.9. The Hall–Kier alpha value is -1.76. The second-order valence-electron chi connectivity index (χ2n) is 6.71. The van der Waals surface area contributed by atoms with Gasteiger partial charge in [0.25, 0.3) is 0 Å². The Kier molecular flexibility index (Phi) is 7.37. The van der Waals surface area contributed by atoms with Gasteiger partial charge in [0, 0.05) is 5.02 Å². The van der Waals surface area contributed by atoms with Crippen molar-refractivity contribution in [2.24, 2.45) is 0 Å². The Labute approximate surface area is 176 Å². The van der Waals surface area contributed by atoms with Crippen molar-refractivity contribution in [2.75, 3.05) is 10.6 Å². The molecule has 0 aliphatic carbocycles. The quantitative estimate of drug-likeness (QED) is 0.673. The van der Waals surface area contributed by atoms with Crippen LogP contribution in [0.25, 0.3) is 0 Å². The lowest BCUT2D eigenvalue weighted by atomic mass is 10.0. The van der Waals surface area contributed by atoms with Crippen molar-refractivity contribution in [1.29, 1.82) is 0 Å². The van der Waals surface area contributed by atoms with Crippen LogP contribution in [0.1, 0.15) is 37.4 Å². The van der Waals surface area contributed by atoms with Gasteiger partial charge in [0.1, 0.15) is 6.04 Å². The van der Waals surface area contributed by atoms with Crippen LogP contribution in [0.3, 0.4) is 0 Å². The summed E-state index contributed by atoms with van der Waals surface area (Å²) in [6.07, 6.45) is 1.70. The number of nitrogens with zero attached hydrogens (tertiary/aromatic N) is 1. The predicted octanol–water partition coefficient (Wildman–Crippen LogP) is 4.72. The molecule has 0 unspecified atom stereocenters.